The molecule has 31 aromatic rings. The van der Waals surface area contributed by atoms with Crippen molar-refractivity contribution >= 4 is 196 Å². The highest BCUT2D eigenvalue weighted by atomic mass is 32.1. The van der Waals surface area contributed by atoms with Gasteiger partial charge in [-0.25, -0.2) is 15.0 Å². The Balaban J connectivity index is 0.000000103. The summed E-state index contributed by atoms with van der Waals surface area (Å²) in [4.78, 5) is 31.1. The zero-order valence-corrected chi connectivity index (χ0v) is 77.8. The summed E-state index contributed by atoms with van der Waals surface area (Å²) >= 11 is 1.81. The normalized spacial score (nSPS) is 11.9. The molecular weight excluding hydrogens is 1780 g/mol. The van der Waals surface area contributed by atoms with Crippen LogP contribution in [0.25, 0.3) is 292 Å². The van der Waals surface area contributed by atoms with Crippen LogP contribution in [0.3, 0.4) is 0 Å². The van der Waals surface area contributed by atoms with Gasteiger partial charge in [0.2, 0.25) is 17.1 Å². The Hall–Kier alpha value is -19.3. The fraction of sp³-hybridized carbons (Fsp3) is 0. The second kappa shape index (κ2) is 33.3. The summed E-state index contributed by atoms with van der Waals surface area (Å²) in [5.41, 5.74) is 29.0. The van der Waals surface area contributed by atoms with Gasteiger partial charge in [-0.15, -0.1) is 11.3 Å². The van der Waals surface area contributed by atoms with Gasteiger partial charge in [-0.1, -0.05) is 315 Å². The van der Waals surface area contributed by atoms with Crippen molar-refractivity contribution in [3.05, 3.63) is 467 Å². The topological polar surface area (TPSA) is 145 Å². The van der Waals surface area contributed by atoms with E-state index in [2.05, 4.69) is 396 Å². The summed E-state index contributed by atoms with van der Waals surface area (Å²) in [5.74, 6) is 1.87. The summed E-state index contributed by atoms with van der Waals surface area (Å²) in [6.07, 6.45) is 0. The third-order valence-electron chi connectivity index (χ3n) is 28.3. The third-order valence-corrected chi connectivity index (χ3v) is 29.5. The van der Waals surface area contributed by atoms with E-state index < -0.39 is 0 Å². The first-order valence-electron chi connectivity index (χ1n) is 48.3. The summed E-state index contributed by atoms with van der Waals surface area (Å²) in [7, 11) is 0. The average Bonchev–Trinajstić information content (AvgIpc) is 1.57. The van der Waals surface area contributed by atoms with Crippen LogP contribution in [0.15, 0.2) is 485 Å². The van der Waals surface area contributed by atoms with E-state index in [1.54, 1.807) is 0 Å². The van der Waals surface area contributed by atoms with Crippen molar-refractivity contribution in [2.75, 3.05) is 0 Å². The van der Waals surface area contributed by atoms with Gasteiger partial charge in [-0.3, -0.25) is 0 Å². The lowest BCUT2D eigenvalue weighted by atomic mass is 9.98. The van der Waals surface area contributed by atoms with Crippen molar-refractivity contribution in [3.8, 4) is 107 Å². The predicted octanol–water partition coefficient (Wildman–Crippen LogP) is 35.2. The first kappa shape index (κ1) is 81.9. The average molecular weight is 1860 g/mol. The molecule has 11 aromatic heterocycles. The molecule has 0 aliphatic carbocycles. The Labute approximate surface area is 825 Å². The predicted molar refractivity (Wildman–Crippen MR) is 592 cm³/mol. The highest BCUT2D eigenvalue weighted by Crippen LogP contribution is 2.49. The first-order chi connectivity index (χ1) is 71.4. The molecule has 0 radical (unpaired) electrons. The molecule has 0 spiro atoms. The number of hydrogen-bond acceptors (Lipinski definition) is 11. The molecule has 0 atom stereocenters. The van der Waals surface area contributed by atoms with Gasteiger partial charge in [0.15, 0.2) is 17.5 Å². The van der Waals surface area contributed by atoms with E-state index >= 15 is 0 Å². The maximum Gasteiger partial charge on any atom is 0.231 e. The third kappa shape index (κ3) is 13.4. The number of fused-ring (bicyclic) bond motifs is 26. The van der Waals surface area contributed by atoms with Crippen molar-refractivity contribution in [2.45, 2.75) is 0 Å². The second-order valence-electron chi connectivity index (χ2n) is 36.5. The zero-order valence-electron chi connectivity index (χ0n) is 77.0. The van der Waals surface area contributed by atoms with E-state index in [0.29, 0.717) is 34.6 Å². The molecule has 20 aromatic carbocycles. The molecule has 144 heavy (non-hydrogen) atoms. The van der Waals surface area contributed by atoms with E-state index in [1.807, 2.05) is 96.3 Å². The standard InChI is InChI=1S/C50H31N3O.C40H23N3O2.C40H23N3OS/c1-3-13-32(14-4-1)34-16-11-18-37(29-34)48-47-41-23-9-10-24-45(41)54-50(47)52-49(51-48)38-19-12-17-35(30-38)36-26-27-43-42(31-36)46-40-22-8-7-15-33(40)25-28-44(46)53(43)39-20-5-2-6-21-39;1-2-11-25(12-3-1)43-32-18-7-4-13-26(32)31-23-24(21-22-33(31)43)39-41-37(36-29-15-6-9-20-35(29)45-40(36)42-39)30-17-10-16-28-27-14-5-8-19-34(27)44-38(28)30;1-2-11-25(12-3-1)43-32-18-7-4-13-26(32)31-23-24(21-22-33(31)43)39-41-37(36-29-15-5-8-19-34(29)44-40(36)42-39)30-17-10-16-28-27-14-6-9-20-35(27)45-38(28)30/h1-31H;2*1-23H. The molecule has 0 saturated carbocycles. The molecule has 31 rings (SSSR count). The van der Waals surface area contributed by atoms with E-state index in [9.17, 15) is 0 Å². The molecule has 0 amide bonds. The fourth-order valence-electron chi connectivity index (χ4n) is 21.8. The smallest absolute Gasteiger partial charge is 0.231 e. The van der Waals surface area contributed by atoms with Crippen molar-refractivity contribution < 1.29 is 17.7 Å². The van der Waals surface area contributed by atoms with Gasteiger partial charge in [0, 0.05) is 130 Å². The lowest BCUT2D eigenvalue weighted by Gasteiger charge is -2.10. The molecule has 0 fully saturated rings. The van der Waals surface area contributed by atoms with Crippen LogP contribution in [-0.4, -0.2) is 43.6 Å². The number of rotatable bonds is 11. The van der Waals surface area contributed by atoms with Gasteiger partial charge < -0.3 is 31.4 Å². The van der Waals surface area contributed by atoms with Crippen LogP contribution in [-0.2, 0) is 0 Å². The number of para-hydroxylation sites is 10. The van der Waals surface area contributed by atoms with Crippen LogP contribution in [0.4, 0.5) is 0 Å². The molecule has 13 nitrogen and oxygen atoms in total. The summed E-state index contributed by atoms with van der Waals surface area (Å²) < 4.78 is 35.2. The monoisotopic (exact) mass is 1860 g/mol. The van der Waals surface area contributed by atoms with Crippen LogP contribution in [0, 0.1) is 0 Å². The maximum atomic E-state index is 6.48. The Kier molecular flexibility index (Phi) is 18.9. The molecule has 0 aliphatic rings. The molecule has 14 heteroatoms. The quantitative estimate of drug-likeness (QED) is 0.123. The van der Waals surface area contributed by atoms with E-state index in [-0.39, 0.29) is 0 Å². The second-order valence-corrected chi connectivity index (χ2v) is 37.6. The van der Waals surface area contributed by atoms with Gasteiger partial charge in [-0.05, 0) is 185 Å². The van der Waals surface area contributed by atoms with Gasteiger partial charge in [0.25, 0.3) is 0 Å². The van der Waals surface area contributed by atoms with E-state index in [4.69, 9.17) is 47.6 Å². The highest BCUT2D eigenvalue weighted by molar-refractivity contribution is 7.26. The minimum absolute atomic E-state index is 0.552. The lowest BCUT2D eigenvalue weighted by Crippen LogP contribution is -1.95. The van der Waals surface area contributed by atoms with Crippen molar-refractivity contribution in [3.63, 3.8) is 0 Å². The van der Waals surface area contributed by atoms with E-state index in [0.717, 1.165) is 188 Å². The number of benzene rings is 20. The van der Waals surface area contributed by atoms with E-state index in [1.165, 1.54) is 69.0 Å². The van der Waals surface area contributed by atoms with Crippen molar-refractivity contribution in [1.82, 2.24) is 43.6 Å². The lowest BCUT2D eigenvalue weighted by molar-refractivity contribution is 0.653. The largest absolute Gasteiger partial charge is 0.455 e. The van der Waals surface area contributed by atoms with Crippen LogP contribution in [0.2, 0.25) is 0 Å². The minimum Gasteiger partial charge on any atom is -0.455 e. The van der Waals surface area contributed by atoms with Crippen molar-refractivity contribution in [2.24, 2.45) is 0 Å². The number of nitrogens with zero attached hydrogens (tertiary/aromatic N) is 9. The SMILES string of the molecule is c1ccc(-c2cccc(-c3nc(-c4cccc(-c5ccc6c(c5)c5c7ccccc7ccc5n6-c5ccccc5)c4)nc4oc5ccccc5c34)c2)cc1.c1ccc(-n2c3ccccc3c3cc(-c4nc(-c5cccc6c5oc5ccccc56)c5c(n4)oc4ccccc45)ccc32)cc1.c1ccc(-n2c3ccccc3c3cc(-c4nc(-c5cccc6c5sc5ccccc56)c5c(n4)oc4ccccc45)ccc32)cc1. The Morgan fingerprint density at radius 2 is 0.542 bits per heavy atom. The molecule has 0 N–H and O–H groups in total. The molecule has 0 saturated heterocycles. The maximum absolute atomic E-state index is 6.48. The molecular formula is C130H77N9O4S. The molecule has 672 valence electrons. The number of furan rings is 4. The van der Waals surface area contributed by atoms with Crippen LogP contribution in [0.5, 0.6) is 0 Å². The highest BCUT2D eigenvalue weighted by Gasteiger charge is 2.28. The summed E-state index contributed by atoms with van der Waals surface area (Å²) in [6, 6.07) is 163. The molecule has 0 unspecified atom stereocenters. The summed E-state index contributed by atoms with van der Waals surface area (Å²) in [6.45, 7) is 0. The van der Waals surface area contributed by atoms with Gasteiger partial charge in [0.05, 0.1) is 66.3 Å². The van der Waals surface area contributed by atoms with Crippen molar-refractivity contribution in [1.29, 1.82) is 0 Å². The minimum atomic E-state index is 0.552. The number of hydrogen-bond donors (Lipinski definition) is 0. The molecule has 0 aliphatic heterocycles. The molecule has 11 heterocycles. The Bertz CT molecular complexity index is 10300. The molecule has 0 bridgehead atoms. The van der Waals surface area contributed by atoms with Gasteiger partial charge >= 0.3 is 0 Å². The number of thiophene rings is 1. The number of aromatic nitrogens is 9. The van der Waals surface area contributed by atoms with Crippen LogP contribution < -0.4 is 0 Å². The van der Waals surface area contributed by atoms with Crippen LogP contribution >= 0.6 is 11.3 Å². The van der Waals surface area contributed by atoms with Crippen LogP contribution in [0.1, 0.15) is 0 Å². The Morgan fingerprint density at radius 1 is 0.188 bits per heavy atom. The van der Waals surface area contributed by atoms with Gasteiger partial charge in [0.1, 0.15) is 27.9 Å². The zero-order chi connectivity index (χ0) is 94.6. The fourth-order valence-corrected chi connectivity index (χ4v) is 23.0. The first-order valence-corrected chi connectivity index (χ1v) is 49.1. The Morgan fingerprint density at radius 3 is 1.11 bits per heavy atom. The van der Waals surface area contributed by atoms with Gasteiger partial charge in [-0.2, -0.15) is 15.0 Å². The summed E-state index contributed by atoms with van der Waals surface area (Å²) in [5, 5.41) is 20.0.